The molecule has 33 heteroatoms. The summed E-state index contributed by atoms with van der Waals surface area (Å²) in [6.07, 6.45) is 4.68. The second-order valence-electron chi connectivity index (χ2n) is 25.8. The molecule has 4 saturated carbocycles. The fourth-order valence-corrected chi connectivity index (χ4v) is 12.1. The van der Waals surface area contributed by atoms with Crippen LogP contribution in [0.15, 0.2) is 168 Å². The zero-order valence-corrected chi connectivity index (χ0v) is 56.0. The Labute approximate surface area is 589 Å². The highest BCUT2D eigenvalue weighted by atomic mass is 16.5. The van der Waals surface area contributed by atoms with Gasteiger partial charge in [-0.2, -0.15) is 0 Å². The van der Waals surface area contributed by atoms with Gasteiger partial charge < -0.3 is 64.2 Å². The molecule has 103 heavy (non-hydrogen) atoms. The van der Waals surface area contributed by atoms with Gasteiger partial charge in [-0.1, -0.05) is 142 Å². The van der Waals surface area contributed by atoms with E-state index in [0.29, 0.717) is 86.2 Å². The number of hydrogen-bond acceptors (Lipinski definition) is 24. The van der Waals surface area contributed by atoms with Crippen LogP contribution in [0.3, 0.4) is 0 Å². The van der Waals surface area contributed by atoms with Gasteiger partial charge in [-0.3, -0.25) is 54.6 Å². The number of likely N-dealkylation sites (N-methyl/N-ethyl adjacent to an activating group) is 1. The first-order valence-corrected chi connectivity index (χ1v) is 33.1. The lowest BCUT2D eigenvalue weighted by Crippen LogP contribution is -2.57. The van der Waals surface area contributed by atoms with Crippen molar-refractivity contribution in [1.82, 2.24) is 78.2 Å². The maximum Gasteiger partial charge on any atom is 0.306 e. The monoisotopic (exact) mass is 1410 g/mol. The number of aromatic nitrogens is 6. The van der Waals surface area contributed by atoms with Crippen molar-refractivity contribution in [3.8, 4) is 45.0 Å². The molecule has 2 aliphatic heterocycles. The number of carboxylic acids is 1. The van der Waals surface area contributed by atoms with E-state index in [9.17, 15) is 38.4 Å². The Morgan fingerprint density at radius 1 is 0.427 bits per heavy atom. The first-order valence-electron chi connectivity index (χ1n) is 33.1. The van der Waals surface area contributed by atoms with E-state index in [2.05, 4.69) is 80.3 Å². The Kier molecular flexibility index (Phi) is 24.7. The predicted octanol–water partition coefficient (Wildman–Crippen LogP) is 5.78. The normalized spacial score (nSPS) is 20.7. The summed E-state index contributed by atoms with van der Waals surface area (Å²) < 4.78 is 26.3. The number of rotatable bonds is 18. The second kappa shape index (κ2) is 34.4. The lowest BCUT2D eigenvalue weighted by atomic mass is 9.79. The molecule has 7 heterocycles. The van der Waals surface area contributed by atoms with Gasteiger partial charge in [0, 0.05) is 116 Å². The molecule has 33 nitrogen and oxygen atoms in total. The van der Waals surface area contributed by atoms with Gasteiger partial charge in [-0.15, -0.1) is 10.2 Å². The Morgan fingerprint density at radius 2 is 0.718 bits per heavy atom. The van der Waals surface area contributed by atoms with Gasteiger partial charge in [-0.25, -0.2) is 16.9 Å². The molecule has 5 aromatic heterocycles. The van der Waals surface area contributed by atoms with E-state index in [1.165, 1.54) is 0 Å². The number of carboxylic acid groups (broad SMARTS) is 1. The second-order valence-corrected chi connectivity index (χ2v) is 25.8. The number of hydrogen-bond donors (Lipinski definition) is 11. The van der Waals surface area contributed by atoms with Crippen LogP contribution in [0.25, 0.3) is 45.0 Å². The Morgan fingerprint density at radius 3 is 1.03 bits per heavy atom. The van der Waals surface area contributed by atoms with Crippen LogP contribution >= 0.6 is 0 Å². The Balaban J connectivity index is 0.000000160. The summed E-state index contributed by atoms with van der Waals surface area (Å²) >= 11 is 0. The van der Waals surface area contributed by atoms with Crippen LogP contribution < -0.4 is 43.4 Å². The minimum absolute atomic E-state index is 0. The summed E-state index contributed by atoms with van der Waals surface area (Å²) in [5.74, 6) is 4.18. The lowest BCUT2D eigenvalue weighted by Gasteiger charge is -2.36. The third-order valence-corrected chi connectivity index (χ3v) is 18.3. The fourth-order valence-electron chi connectivity index (χ4n) is 12.1. The molecule has 14 N–H and O–H groups in total. The summed E-state index contributed by atoms with van der Waals surface area (Å²) in [7, 11) is 4.01. The molecule has 2 saturated heterocycles. The van der Waals surface area contributed by atoms with Gasteiger partial charge >= 0.3 is 5.97 Å². The molecule has 4 aromatic carbocycles. The number of hydrazine groups is 2. The third kappa shape index (κ3) is 18.9. The quantitative estimate of drug-likeness (QED) is 0.0210. The van der Waals surface area contributed by atoms with Crippen molar-refractivity contribution in [1.29, 1.82) is 11.1 Å². The Hall–Kier alpha value is -11.9. The number of likely N-dealkylation sites (tertiary alicyclic amines) is 2. The van der Waals surface area contributed by atoms with Crippen LogP contribution in [0.2, 0.25) is 0 Å². The van der Waals surface area contributed by atoms with E-state index in [-0.39, 0.29) is 125 Å². The number of carbonyl (C=O) groups excluding carboxylic acids is 7. The molecule has 6 aliphatic rings. The van der Waals surface area contributed by atoms with Crippen molar-refractivity contribution in [2.45, 2.75) is 87.4 Å². The number of nitrogens with one attached hydrogen (secondary N) is 9. The highest BCUT2D eigenvalue weighted by molar-refractivity contribution is 5.95. The Bertz CT molecular complexity index is 4330. The molecule has 7 amide bonds. The third-order valence-electron chi connectivity index (χ3n) is 18.3. The SMILES string of the molecule is CN1CC(C(=O)NNC(=O)C2CC(NC(=O)c3cc(-c4ccccc4)no3)C2)C1.CN1CC(c2nnc(C3CC(NC(=O)c4cc(-c5ccccc5)no4)C3)o2)C1.N=N.NNC(=O)C1CC(NC(=O)c2cc(-c3ccccc3)no2)C1.O.O=C(NC1CC(C(=O)O)C1)c1cc(-c2ccccc2)no1.[HH]. The highest BCUT2D eigenvalue weighted by Gasteiger charge is 2.41. The van der Waals surface area contributed by atoms with Gasteiger partial charge in [-0.05, 0) is 65.5 Å². The number of aliphatic carboxylic acids is 1. The first-order chi connectivity index (χ1) is 49.4. The van der Waals surface area contributed by atoms with Crippen molar-refractivity contribution in [2.24, 2.45) is 29.5 Å². The summed E-state index contributed by atoms with van der Waals surface area (Å²) in [6, 6.07) is 44.2. The molecular weight excluding hydrogens is 1330 g/mol. The van der Waals surface area contributed by atoms with Crippen molar-refractivity contribution in [3.63, 3.8) is 0 Å². The molecule has 0 spiro atoms. The van der Waals surface area contributed by atoms with Crippen molar-refractivity contribution in [2.75, 3.05) is 40.3 Å². The highest BCUT2D eigenvalue weighted by Crippen LogP contribution is 2.38. The number of carbonyl (C=O) groups is 8. The van der Waals surface area contributed by atoms with Crippen LogP contribution in [-0.4, -0.2) is 163 Å². The topological polar surface area (TPSA) is 496 Å². The van der Waals surface area contributed by atoms with Gasteiger partial charge in [0.2, 0.25) is 52.5 Å². The van der Waals surface area contributed by atoms with Crippen LogP contribution in [0, 0.1) is 34.7 Å². The number of amides is 7. The molecule has 540 valence electrons. The summed E-state index contributed by atoms with van der Waals surface area (Å²) in [4.78, 5) is 99.0. The lowest BCUT2D eigenvalue weighted by molar-refractivity contribution is -0.145. The minimum atomic E-state index is -0.813. The van der Waals surface area contributed by atoms with Gasteiger partial charge in [0.1, 0.15) is 22.8 Å². The molecule has 0 radical (unpaired) electrons. The van der Waals surface area contributed by atoms with E-state index in [0.717, 1.165) is 54.1 Å². The molecule has 9 aromatic rings. The zero-order valence-electron chi connectivity index (χ0n) is 56.0. The van der Waals surface area contributed by atoms with Gasteiger partial charge in [0.15, 0.2) is 0 Å². The zero-order chi connectivity index (χ0) is 71.8. The first kappa shape index (κ1) is 73.8. The van der Waals surface area contributed by atoms with Crippen LogP contribution in [0.5, 0.6) is 0 Å². The number of nitrogens with zero attached hydrogens (tertiary/aromatic N) is 8. The van der Waals surface area contributed by atoms with Crippen LogP contribution in [-0.2, 0) is 19.2 Å². The molecule has 6 fully saturated rings. The van der Waals surface area contributed by atoms with Crippen LogP contribution in [0.4, 0.5) is 0 Å². The maximum atomic E-state index is 12.4. The van der Waals surface area contributed by atoms with E-state index in [1.807, 2.05) is 133 Å². The van der Waals surface area contributed by atoms with Crippen molar-refractivity contribution < 1.29 is 72.9 Å². The standard InChI is InChI=1S/C20H23N5O4.C20H21N5O3.C15H16N4O3.C15H14N2O4.H2N2.H2O.H2/c1-25-10-14(11-25)19(27)23-22-18(26)13-7-15(8-13)21-20(28)17-9-16(24-29-17)12-5-3-2-4-6-12;1-25-10-14(11-25)20-23-22-19(27-20)13-7-15(8-13)21-18(26)17-9-16(24-28-17)12-5-3-2-4-6-12;16-18-14(20)10-6-11(7-10)17-15(21)13-8-12(19-22-13)9-4-2-1-3-5-9;18-14(16-11-6-10(7-11)15(19)20)13-8-12(17-21-13)9-4-2-1-3-5-9;1-2;;/h2-6,9,13-15H,7-8,10-11H2,1H3,(H,21,28)(H,22,26)(H,23,27);2-6,9,13-15H,7-8,10-11H2,1H3,(H,21,26);1-5,8,10-11H,6-7,16H2,(H,17,21)(H,18,20);1-5,8,10-11H,6-7H2,(H,16,18)(H,19,20);1-2H;1H2;1H. The van der Waals surface area contributed by atoms with E-state index >= 15 is 0 Å². The smallest absolute Gasteiger partial charge is 0.306 e. The molecular formula is C70H80N18O15. The van der Waals surface area contributed by atoms with Crippen LogP contribution in [0.1, 0.15) is 119 Å². The molecule has 0 unspecified atom stereocenters. The fraction of sp³-hybridized carbons (Fsp3) is 0.343. The number of benzene rings is 4. The summed E-state index contributed by atoms with van der Waals surface area (Å²) in [5, 5.41) is 44.3. The van der Waals surface area contributed by atoms with Gasteiger partial charge in [0.25, 0.3) is 23.6 Å². The van der Waals surface area contributed by atoms with E-state index < -0.39 is 5.97 Å². The molecule has 0 atom stereocenters. The molecule has 4 aliphatic carbocycles. The van der Waals surface area contributed by atoms with E-state index in [1.54, 1.807) is 24.3 Å². The largest absolute Gasteiger partial charge is 0.481 e. The minimum Gasteiger partial charge on any atom is -0.481 e. The molecule has 15 rings (SSSR count). The predicted molar refractivity (Wildman–Crippen MR) is 366 cm³/mol. The average molecular weight is 1410 g/mol. The van der Waals surface area contributed by atoms with Crippen molar-refractivity contribution in [3.05, 3.63) is 180 Å². The summed E-state index contributed by atoms with van der Waals surface area (Å²) in [5.41, 5.74) is 23.1. The van der Waals surface area contributed by atoms with Gasteiger partial charge in [0.05, 0.1) is 17.8 Å². The number of nitrogens with two attached hydrogens (primary N) is 1. The maximum absolute atomic E-state index is 12.4. The summed E-state index contributed by atoms with van der Waals surface area (Å²) in [6.45, 7) is 3.33. The average Bonchev–Trinajstić information content (AvgIpc) is 1.44. The van der Waals surface area contributed by atoms with E-state index in [4.69, 9.17) is 44.5 Å². The molecule has 0 bridgehead atoms. The van der Waals surface area contributed by atoms with Crippen molar-refractivity contribution >= 4 is 47.3 Å².